The second-order valence-corrected chi connectivity index (χ2v) is 5.03. The smallest absolute Gasteiger partial charge is 0.317 e. The molecular formula is C11H20ClN5O. The van der Waals surface area contributed by atoms with Crippen LogP contribution in [-0.2, 0) is 13.1 Å². The van der Waals surface area contributed by atoms with Crippen LogP contribution in [0.3, 0.4) is 0 Å². The van der Waals surface area contributed by atoms with Crippen molar-refractivity contribution >= 4 is 12.4 Å². The average molecular weight is 274 g/mol. The molecule has 2 N–H and O–H groups in total. The van der Waals surface area contributed by atoms with Gasteiger partial charge in [-0.25, -0.2) is 9.89 Å². The zero-order valence-corrected chi connectivity index (χ0v) is 11.2. The Morgan fingerprint density at radius 1 is 1.28 bits per heavy atom. The molecule has 0 aromatic carbocycles. The van der Waals surface area contributed by atoms with E-state index in [9.17, 15) is 4.79 Å². The molecule has 1 saturated heterocycles. The number of nitrogens with one attached hydrogen (secondary N) is 2. The van der Waals surface area contributed by atoms with E-state index in [1.54, 1.807) is 4.57 Å². The van der Waals surface area contributed by atoms with Crippen LogP contribution in [-0.4, -0.2) is 45.8 Å². The molecule has 0 radical (unpaired) electrons. The van der Waals surface area contributed by atoms with Crippen molar-refractivity contribution in [3.63, 3.8) is 0 Å². The van der Waals surface area contributed by atoms with Crippen LogP contribution in [0.1, 0.15) is 18.7 Å². The van der Waals surface area contributed by atoms with Gasteiger partial charge in [-0.3, -0.25) is 9.47 Å². The average Bonchev–Trinajstić information content (AvgIpc) is 2.72. The molecule has 3 rings (SSSR count). The number of aromatic amines is 1. The van der Waals surface area contributed by atoms with Crippen LogP contribution in [0.25, 0.3) is 0 Å². The number of aromatic nitrogens is 3. The lowest BCUT2D eigenvalue weighted by Crippen LogP contribution is -2.41. The van der Waals surface area contributed by atoms with E-state index in [0.717, 1.165) is 51.0 Å². The highest BCUT2D eigenvalue weighted by Crippen LogP contribution is 2.16. The fourth-order valence-corrected chi connectivity index (χ4v) is 2.81. The first-order valence-electron chi connectivity index (χ1n) is 6.40. The van der Waals surface area contributed by atoms with Gasteiger partial charge in [0.15, 0.2) is 0 Å². The first-order valence-corrected chi connectivity index (χ1v) is 6.40. The third-order valence-corrected chi connectivity index (χ3v) is 3.82. The summed E-state index contributed by atoms with van der Waals surface area (Å²) in [5, 5.41) is 9.98. The van der Waals surface area contributed by atoms with Gasteiger partial charge in [-0.1, -0.05) is 0 Å². The summed E-state index contributed by atoms with van der Waals surface area (Å²) in [4.78, 5) is 13.8. The maximum atomic E-state index is 11.4. The van der Waals surface area contributed by atoms with Gasteiger partial charge < -0.3 is 5.32 Å². The van der Waals surface area contributed by atoms with E-state index in [-0.39, 0.29) is 18.1 Å². The zero-order chi connectivity index (χ0) is 11.7. The Bertz CT molecular complexity index is 437. The van der Waals surface area contributed by atoms with E-state index in [2.05, 4.69) is 20.4 Å². The lowest BCUT2D eigenvalue weighted by atomic mass is 9.97. The molecule has 1 aromatic rings. The molecule has 0 atom stereocenters. The molecule has 3 heterocycles. The van der Waals surface area contributed by atoms with Crippen molar-refractivity contribution in [3.05, 3.63) is 16.3 Å². The molecule has 7 heteroatoms. The number of hydrogen-bond donors (Lipinski definition) is 2. The molecule has 0 bridgehead atoms. The lowest BCUT2D eigenvalue weighted by molar-refractivity contribution is 0.167. The molecule has 1 aromatic heterocycles. The molecule has 0 unspecified atom stereocenters. The SMILES string of the molecule is Cl.O=c1[nH]nc2n1CCN(CC1CCNCC1)C2. The van der Waals surface area contributed by atoms with Crippen LogP contribution in [0, 0.1) is 5.92 Å². The summed E-state index contributed by atoms with van der Waals surface area (Å²) in [6.45, 7) is 5.98. The van der Waals surface area contributed by atoms with Crippen molar-refractivity contribution in [1.82, 2.24) is 25.0 Å². The number of halogens is 1. The second-order valence-electron chi connectivity index (χ2n) is 5.03. The van der Waals surface area contributed by atoms with Crippen LogP contribution in [0.15, 0.2) is 4.79 Å². The van der Waals surface area contributed by atoms with Crippen LogP contribution < -0.4 is 11.0 Å². The van der Waals surface area contributed by atoms with Gasteiger partial charge in [0.25, 0.3) is 0 Å². The predicted octanol–water partition coefficient (Wildman–Crippen LogP) is -0.192. The minimum absolute atomic E-state index is 0. The normalized spacial score (nSPS) is 21.3. The van der Waals surface area contributed by atoms with Crippen molar-refractivity contribution in [2.24, 2.45) is 5.92 Å². The van der Waals surface area contributed by atoms with Crippen LogP contribution >= 0.6 is 12.4 Å². The summed E-state index contributed by atoms with van der Waals surface area (Å²) in [5.41, 5.74) is -0.0680. The van der Waals surface area contributed by atoms with E-state index < -0.39 is 0 Å². The number of nitrogens with zero attached hydrogens (tertiary/aromatic N) is 3. The monoisotopic (exact) mass is 273 g/mol. The molecular weight excluding hydrogens is 254 g/mol. The number of fused-ring (bicyclic) bond motifs is 1. The summed E-state index contributed by atoms with van der Waals surface area (Å²) < 4.78 is 1.75. The van der Waals surface area contributed by atoms with Gasteiger partial charge in [0.2, 0.25) is 0 Å². The Labute approximate surface area is 112 Å². The van der Waals surface area contributed by atoms with Gasteiger partial charge >= 0.3 is 5.69 Å². The van der Waals surface area contributed by atoms with Crippen molar-refractivity contribution in [3.8, 4) is 0 Å². The largest absolute Gasteiger partial charge is 0.343 e. The van der Waals surface area contributed by atoms with Gasteiger partial charge in [0.05, 0.1) is 6.54 Å². The predicted molar refractivity (Wildman–Crippen MR) is 71.0 cm³/mol. The van der Waals surface area contributed by atoms with Gasteiger partial charge in [-0.15, -0.1) is 12.4 Å². The van der Waals surface area contributed by atoms with E-state index >= 15 is 0 Å². The van der Waals surface area contributed by atoms with E-state index in [1.807, 2.05) is 0 Å². The standard InChI is InChI=1S/C11H19N5O.ClH/c17-11-14-13-10-8-15(5-6-16(10)11)7-9-1-3-12-4-2-9;/h9,12H,1-8H2,(H,14,17);1H. The van der Waals surface area contributed by atoms with Crippen LogP contribution in [0.5, 0.6) is 0 Å². The van der Waals surface area contributed by atoms with Crippen LogP contribution in [0.2, 0.25) is 0 Å². The highest BCUT2D eigenvalue weighted by molar-refractivity contribution is 5.85. The fraction of sp³-hybridized carbons (Fsp3) is 0.818. The van der Waals surface area contributed by atoms with E-state index in [0.29, 0.717) is 0 Å². The van der Waals surface area contributed by atoms with E-state index in [1.165, 1.54) is 12.8 Å². The second kappa shape index (κ2) is 5.86. The summed E-state index contributed by atoms with van der Waals surface area (Å²) >= 11 is 0. The molecule has 2 aliphatic rings. The fourth-order valence-electron chi connectivity index (χ4n) is 2.81. The van der Waals surface area contributed by atoms with E-state index in [4.69, 9.17) is 0 Å². The first-order chi connectivity index (χ1) is 8.33. The molecule has 6 nitrogen and oxygen atoms in total. The van der Waals surface area contributed by atoms with Crippen molar-refractivity contribution in [2.45, 2.75) is 25.9 Å². The molecule has 102 valence electrons. The molecule has 0 amide bonds. The van der Waals surface area contributed by atoms with Crippen molar-refractivity contribution < 1.29 is 0 Å². The maximum absolute atomic E-state index is 11.4. The lowest BCUT2D eigenvalue weighted by Gasteiger charge is -2.32. The zero-order valence-electron chi connectivity index (χ0n) is 10.4. The topological polar surface area (TPSA) is 66.0 Å². The van der Waals surface area contributed by atoms with Gasteiger partial charge in [0.1, 0.15) is 5.82 Å². The molecule has 0 saturated carbocycles. The van der Waals surface area contributed by atoms with Gasteiger partial charge in [-0.05, 0) is 31.8 Å². The minimum atomic E-state index is -0.0680. The molecule has 18 heavy (non-hydrogen) atoms. The third kappa shape index (κ3) is 2.76. The summed E-state index contributed by atoms with van der Waals surface area (Å²) in [5.74, 6) is 1.68. The van der Waals surface area contributed by atoms with Crippen molar-refractivity contribution in [1.29, 1.82) is 0 Å². The Hall–Kier alpha value is -0.850. The molecule has 0 aliphatic carbocycles. The number of piperidine rings is 1. The molecule has 0 spiro atoms. The Balaban J connectivity index is 0.00000120. The quantitative estimate of drug-likeness (QED) is 0.784. The summed E-state index contributed by atoms with van der Waals surface area (Å²) in [6.07, 6.45) is 2.54. The first kappa shape index (κ1) is 13.6. The van der Waals surface area contributed by atoms with Crippen molar-refractivity contribution in [2.75, 3.05) is 26.2 Å². The highest BCUT2D eigenvalue weighted by Gasteiger charge is 2.22. The number of rotatable bonds is 2. The minimum Gasteiger partial charge on any atom is -0.317 e. The summed E-state index contributed by atoms with van der Waals surface area (Å²) in [6, 6.07) is 0. The maximum Gasteiger partial charge on any atom is 0.343 e. The highest BCUT2D eigenvalue weighted by atomic mass is 35.5. The number of H-pyrrole nitrogens is 1. The Morgan fingerprint density at radius 2 is 2.06 bits per heavy atom. The van der Waals surface area contributed by atoms with Gasteiger partial charge in [0, 0.05) is 19.6 Å². The van der Waals surface area contributed by atoms with Gasteiger partial charge in [-0.2, -0.15) is 5.10 Å². The molecule has 1 fully saturated rings. The number of hydrogen-bond acceptors (Lipinski definition) is 4. The van der Waals surface area contributed by atoms with Crippen LogP contribution in [0.4, 0.5) is 0 Å². The Morgan fingerprint density at radius 3 is 2.83 bits per heavy atom. The Kier molecular flexibility index (Phi) is 4.42. The third-order valence-electron chi connectivity index (χ3n) is 3.82. The molecule has 2 aliphatic heterocycles. The summed E-state index contributed by atoms with van der Waals surface area (Å²) in [7, 11) is 0.